The molecule has 20 heavy (non-hydrogen) atoms. The summed E-state index contributed by atoms with van der Waals surface area (Å²) in [6, 6.07) is 10.8. The number of anilines is 1. The molecule has 0 bridgehead atoms. The van der Waals surface area contributed by atoms with Gasteiger partial charge in [0.2, 0.25) is 0 Å². The van der Waals surface area contributed by atoms with Gasteiger partial charge in [-0.25, -0.2) is 4.98 Å². The maximum atomic E-state index is 5.94. The molecule has 106 valence electrons. The third-order valence-electron chi connectivity index (χ3n) is 3.98. The van der Waals surface area contributed by atoms with E-state index >= 15 is 0 Å². The number of H-pyrrole nitrogens is 1. The van der Waals surface area contributed by atoms with Crippen molar-refractivity contribution in [1.82, 2.24) is 14.9 Å². The summed E-state index contributed by atoms with van der Waals surface area (Å²) in [6.45, 7) is 4.74. The van der Waals surface area contributed by atoms with Gasteiger partial charge in [-0.3, -0.25) is 4.90 Å². The highest BCUT2D eigenvalue weighted by Crippen LogP contribution is 2.21. The van der Waals surface area contributed by atoms with E-state index in [0.717, 1.165) is 31.9 Å². The Balaban J connectivity index is 1.63. The fourth-order valence-corrected chi connectivity index (χ4v) is 2.85. The number of aromatic nitrogens is 2. The molecule has 0 aliphatic carbocycles. The van der Waals surface area contributed by atoms with Gasteiger partial charge in [0, 0.05) is 44.6 Å². The highest BCUT2D eigenvalue weighted by molar-refractivity contribution is 5.46. The van der Waals surface area contributed by atoms with Gasteiger partial charge in [0.05, 0.1) is 18.1 Å². The lowest BCUT2D eigenvalue weighted by Crippen LogP contribution is -2.49. The van der Waals surface area contributed by atoms with Crippen molar-refractivity contribution in [2.24, 2.45) is 5.73 Å². The van der Waals surface area contributed by atoms with E-state index in [2.05, 4.69) is 50.1 Å². The molecule has 5 nitrogen and oxygen atoms in total. The number of hydrogen-bond donors (Lipinski definition) is 2. The lowest BCUT2D eigenvalue weighted by atomic mass is 10.1. The summed E-state index contributed by atoms with van der Waals surface area (Å²) in [4.78, 5) is 12.1. The average molecular weight is 271 g/mol. The summed E-state index contributed by atoms with van der Waals surface area (Å²) >= 11 is 0. The molecule has 0 radical (unpaired) electrons. The Bertz CT molecular complexity index is 502. The Morgan fingerprint density at radius 2 is 1.90 bits per heavy atom. The van der Waals surface area contributed by atoms with E-state index in [9.17, 15) is 0 Å². The Labute approximate surface area is 119 Å². The molecule has 3 N–H and O–H groups in total. The van der Waals surface area contributed by atoms with E-state index in [0.29, 0.717) is 6.54 Å². The van der Waals surface area contributed by atoms with Crippen LogP contribution in [-0.2, 0) is 0 Å². The van der Waals surface area contributed by atoms with E-state index < -0.39 is 0 Å². The van der Waals surface area contributed by atoms with Crippen molar-refractivity contribution in [2.45, 2.75) is 6.04 Å². The fourth-order valence-electron chi connectivity index (χ4n) is 2.85. The first kappa shape index (κ1) is 13.1. The van der Waals surface area contributed by atoms with E-state index in [4.69, 9.17) is 5.73 Å². The molecule has 1 aromatic heterocycles. The van der Waals surface area contributed by atoms with Crippen LogP contribution in [0.25, 0.3) is 0 Å². The Hall–Kier alpha value is -1.85. The van der Waals surface area contributed by atoms with Gasteiger partial charge in [0.1, 0.15) is 0 Å². The number of para-hydroxylation sites is 1. The van der Waals surface area contributed by atoms with Gasteiger partial charge < -0.3 is 15.6 Å². The van der Waals surface area contributed by atoms with Crippen LogP contribution in [0.5, 0.6) is 0 Å². The van der Waals surface area contributed by atoms with Gasteiger partial charge in [-0.05, 0) is 12.1 Å². The molecule has 2 aromatic rings. The van der Waals surface area contributed by atoms with Crippen LogP contribution in [0, 0.1) is 0 Å². The molecule has 0 spiro atoms. The highest BCUT2D eigenvalue weighted by atomic mass is 15.3. The second-order valence-electron chi connectivity index (χ2n) is 5.12. The number of piperazine rings is 1. The van der Waals surface area contributed by atoms with Crippen molar-refractivity contribution in [3.63, 3.8) is 0 Å². The van der Waals surface area contributed by atoms with Crippen LogP contribution in [-0.4, -0.2) is 47.6 Å². The normalized spacial score (nSPS) is 18.1. The van der Waals surface area contributed by atoms with Crippen molar-refractivity contribution in [3.05, 3.63) is 48.5 Å². The Morgan fingerprint density at radius 1 is 1.15 bits per heavy atom. The summed E-state index contributed by atoms with van der Waals surface area (Å²) in [7, 11) is 0. The van der Waals surface area contributed by atoms with Crippen LogP contribution >= 0.6 is 0 Å². The minimum atomic E-state index is 0.246. The molecule has 5 heteroatoms. The standard InChI is InChI=1S/C15H21N5/c16-10-15(14-11-17-12-18-14)20-8-6-19(7-9-20)13-4-2-1-3-5-13/h1-5,11-12,15H,6-10,16H2,(H,17,18). The van der Waals surface area contributed by atoms with Crippen molar-refractivity contribution >= 4 is 5.69 Å². The largest absolute Gasteiger partial charge is 0.369 e. The van der Waals surface area contributed by atoms with Crippen molar-refractivity contribution in [2.75, 3.05) is 37.6 Å². The molecule has 2 heterocycles. The quantitative estimate of drug-likeness (QED) is 0.878. The lowest BCUT2D eigenvalue weighted by Gasteiger charge is -2.39. The second-order valence-corrected chi connectivity index (χ2v) is 5.12. The van der Waals surface area contributed by atoms with E-state index in [1.807, 2.05) is 6.20 Å². The van der Waals surface area contributed by atoms with Gasteiger partial charge >= 0.3 is 0 Å². The summed E-state index contributed by atoms with van der Waals surface area (Å²) < 4.78 is 0. The summed E-state index contributed by atoms with van der Waals surface area (Å²) in [5.74, 6) is 0. The first-order valence-corrected chi connectivity index (χ1v) is 7.11. The first-order chi connectivity index (χ1) is 9.88. The number of rotatable bonds is 4. The van der Waals surface area contributed by atoms with Gasteiger partial charge in [0.15, 0.2) is 0 Å². The highest BCUT2D eigenvalue weighted by Gasteiger charge is 2.24. The fraction of sp³-hybridized carbons (Fsp3) is 0.400. The van der Waals surface area contributed by atoms with Crippen molar-refractivity contribution < 1.29 is 0 Å². The number of nitrogens with two attached hydrogens (primary N) is 1. The van der Waals surface area contributed by atoms with E-state index in [1.165, 1.54) is 5.69 Å². The van der Waals surface area contributed by atoms with Gasteiger partial charge in [-0.2, -0.15) is 0 Å². The van der Waals surface area contributed by atoms with Gasteiger partial charge in [-0.1, -0.05) is 18.2 Å². The minimum absolute atomic E-state index is 0.246. The molecule has 1 aromatic carbocycles. The van der Waals surface area contributed by atoms with Crippen molar-refractivity contribution in [1.29, 1.82) is 0 Å². The molecule has 3 rings (SSSR count). The monoisotopic (exact) mass is 271 g/mol. The van der Waals surface area contributed by atoms with E-state index in [-0.39, 0.29) is 6.04 Å². The van der Waals surface area contributed by atoms with Crippen LogP contribution in [0.15, 0.2) is 42.9 Å². The molecule has 0 amide bonds. The summed E-state index contributed by atoms with van der Waals surface area (Å²) in [5, 5.41) is 0. The molecule has 1 aliphatic rings. The van der Waals surface area contributed by atoms with Crippen molar-refractivity contribution in [3.8, 4) is 0 Å². The molecule has 1 atom stereocenters. The number of nitrogens with one attached hydrogen (secondary N) is 1. The third kappa shape index (κ3) is 2.69. The lowest BCUT2D eigenvalue weighted by molar-refractivity contribution is 0.187. The maximum absolute atomic E-state index is 5.94. The molecular formula is C15H21N5. The predicted octanol–water partition coefficient (Wildman–Crippen LogP) is 1.23. The average Bonchev–Trinajstić information content (AvgIpc) is 3.04. The Kier molecular flexibility index (Phi) is 3.99. The summed E-state index contributed by atoms with van der Waals surface area (Å²) in [6.07, 6.45) is 3.60. The van der Waals surface area contributed by atoms with Crippen LogP contribution < -0.4 is 10.6 Å². The van der Waals surface area contributed by atoms with E-state index in [1.54, 1.807) is 6.33 Å². The number of hydrogen-bond acceptors (Lipinski definition) is 4. The number of benzene rings is 1. The number of aromatic amines is 1. The first-order valence-electron chi connectivity index (χ1n) is 7.11. The Morgan fingerprint density at radius 3 is 2.50 bits per heavy atom. The molecule has 1 fully saturated rings. The zero-order chi connectivity index (χ0) is 13.8. The molecular weight excluding hydrogens is 250 g/mol. The van der Waals surface area contributed by atoms with Crippen LogP contribution in [0.3, 0.4) is 0 Å². The third-order valence-corrected chi connectivity index (χ3v) is 3.98. The molecule has 0 saturated carbocycles. The minimum Gasteiger partial charge on any atom is -0.369 e. The number of nitrogens with zero attached hydrogens (tertiary/aromatic N) is 3. The molecule has 1 unspecified atom stereocenters. The summed E-state index contributed by atoms with van der Waals surface area (Å²) in [5.41, 5.74) is 8.35. The maximum Gasteiger partial charge on any atom is 0.0922 e. The number of imidazole rings is 1. The topological polar surface area (TPSA) is 61.2 Å². The SMILES string of the molecule is NCC(c1cnc[nH]1)N1CCN(c2ccccc2)CC1. The van der Waals surface area contributed by atoms with Crippen LogP contribution in [0.2, 0.25) is 0 Å². The zero-order valence-corrected chi connectivity index (χ0v) is 11.6. The van der Waals surface area contributed by atoms with Crippen LogP contribution in [0.1, 0.15) is 11.7 Å². The smallest absolute Gasteiger partial charge is 0.0922 e. The molecule has 1 aliphatic heterocycles. The predicted molar refractivity (Wildman–Crippen MR) is 80.6 cm³/mol. The molecule has 1 saturated heterocycles. The van der Waals surface area contributed by atoms with Gasteiger partial charge in [-0.15, -0.1) is 0 Å². The van der Waals surface area contributed by atoms with Gasteiger partial charge in [0.25, 0.3) is 0 Å². The second kappa shape index (κ2) is 6.07. The van der Waals surface area contributed by atoms with Crippen LogP contribution in [0.4, 0.5) is 5.69 Å². The zero-order valence-electron chi connectivity index (χ0n) is 11.6.